The summed E-state index contributed by atoms with van der Waals surface area (Å²) >= 11 is 0. The first-order valence-electron chi connectivity index (χ1n) is 6.17. The molecule has 0 aliphatic heterocycles. The number of anilines is 1. The van der Waals surface area contributed by atoms with Gasteiger partial charge in [0.15, 0.2) is 0 Å². The number of nitrogens with one attached hydrogen (secondary N) is 2. The van der Waals surface area contributed by atoms with Gasteiger partial charge in [-0.25, -0.2) is 9.18 Å². The molecule has 0 unspecified atom stereocenters. The smallest absolute Gasteiger partial charge is 0.319 e. The fourth-order valence-corrected chi connectivity index (χ4v) is 2.17. The molecule has 98 valence electrons. The van der Waals surface area contributed by atoms with E-state index in [1.54, 1.807) is 12.1 Å². The van der Waals surface area contributed by atoms with Gasteiger partial charge in [-0.1, -0.05) is 25.0 Å². The molecule has 0 aromatic heterocycles. The summed E-state index contributed by atoms with van der Waals surface area (Å²) in [5.74, 6) is -0.475. The van der Waals surface area contributed by atoms with E-state index in [4.69, 9.17) is 0 Å². The number of halogens is 1. The molecule has 0 spiro atoms. The van der Waals surface area contributed by atoms with Crippen molar-refractivity contribution in [2.24, 2.45) is 0 Å². The molecule has 3 N–H and O–H groups in total. The van der Waals surface area contributed by atoms with E-state index in [0.717, 1.165) is 19.3 Å². The van der Waals surface area contributed by atoms with Crippen LogP contribution in [0.2, 0.25) is 0 Å². The molecule has 4 nitrogen and oxygen atoms in total. The van der Waals surface area contributed by atoms with Gasteiger partial charge in [0.1, 0.15) is 5.82 Å². The number of aliphatic hydroxyl groups is 1. The summed E-state index contributed by atoms with van der Waals surface area (Å²) in [7, 11) is 0. The van der Waals surface area contributed by atoms with Crippen LogP contribution >= 0.6 is 0 Å². The molecule has 0 radical (unpaired) electrons. The normalized spacial score (nSPS) is 23.4. The van der Waals surface area contributed by atoms with Crippen molar-refractivity contribution in [1.82, 2.24) is 5.32 Å². The monoisotopic (exact) mass is 252 g/mol. The lowest BCUT2D eigenvalue weighted by atomic mass is 9.93. The number of aliphatic hydroxyl groups excluding tert-OH is 1. The van der Waals surface area contributed by atoms with Crippen LogP contribution in [0.1, 0.15) is 25.7 Å². The molecule has 1 aromatic carbocycles. The molecule has 1 aliphatic carbocycles. The average molecular weight is 252 g/mol. The van der Waals surface area contributed by atoms with Crippen LogP contribution in [-0.4, -0.2) is 23.3 Å². The van der Waals surface area contributed by atoms with E-state index >= 15 is 0 Å². The summed E-state index contributed by atoms with van der Waals surface area (Å²) in [5.41, 5.74) is 0.139. The molecule has 1 saturated carbocycles. The number of rotatable bonds is 2. The summed E-state index contributed by atoms with van der Waals surface area (Å²) in [6.45, 7) is 0. The molecular weight excluding hydrogens is 235 g/mol. The van der Waals surface area contributed by atoms with Gasteiger partial charge in [0.2, 0.25) is 0 Å². The zero-order valence-corrected chi connectivity index (χ0v) is 10.0. The van der Waals surface area contributed by atoms with Gasteiger partial charge in [-0.3, -0.25) is 0 Å². The van der Waals surface area contributed by atoms with Crippen molar-refractivity contribution in [2.75, 3.05) is 5.32 Å². The lowest BCUT2D eigenvalue weighted by Crippen LogP contribution is -2.46. The van der Waals surface area contributed by atoms with Gasteiger partial charge in [0, 0.05) is 0 Å². The Kier molecular flexibility index (Phi) is 4.15. The van der Waals surface area contributed by atoms with Gasteiger partial charge in [0.05, 0.1) is 17.8 Å². The fraction of sp³-hybridized carbons (Fsp3) is 0.462. The highest BCUT2D eigenvalue weighted by atomic mass is 19.1. The minimum Gasteiger partial charge on any atom is -0.391 e. The maximum Gasteiger partial charge on any atom is 0.319 e. The van der Waals surface area contributed by atoms with Crippen molar-refractivity contribution in [2.45, 2.75) is 37.8 Å². The zero-order chi connectivity index (χ0) is 13.0. The zero-order valence-electron chi connectivity index (χ0n) is 10.0. The maximum absolute atomic E-state index is 13.3. The van der Waals surface area contributed by atoms with Crippen LogP contribution in [0, 0.1) is 5.82 Å². The molecule has 18 heavy (non-hydrogen) atoms. The summed E-state index contributed by atoms with van der Waals surface area (Å²) in [6, 6.07) is 5.26. The van der Waals surface area contributed by atoms with Gasteiger partial charge in [0.25, 0.3) is 0 Å². The van der Waals surface area contributed by atoms with Crippen LogP contribution in [0.15, 0.2) is 24.3 Å². The standard InChI is InChI=1S/C13H17FN2O2/c14-9-5-1-2-6-10(9)15-13(18)16-11-7-3-4-8-12(11)17/h1-2,5-6,11-12,17H,3-4,7-8H2,(H2,15,16,18)/t11-,12-/m1/s1. The largest absolute Gasteiger partial charge is 0.391 e. The van der Waals surface area contributed by atoms with Crippen molar-refractivity contribution < 1.29 is 14.3 Å². The van der Waals surface area contributed by atoms with Crippen molar-refractivity contribution in [3.8, 4) is 0 Å². The number of hydrogen-bond acceptors (Lipinski definition) is 2. The lowest BCUT2D eigenvalue weighted by molar-refractivity contribution is 0.0955. The summed E-state index contributed by atoms with van der Waals surface area (Å²) in [6.07, 6.45) is 2.91. The number of hydrogen-bond donors (Lipinski definition) is 3. The van der Waals surface area contributed by atoms with E-state index < -0.39 is 18.0 Å². The Labute approximate surface area is 105 Å². The third-order valence-corrected chi connectivity index (χ3v) is 3.17. The van der Waals surface area contributed by atoms with Crippen molar-refractivity contribution >= 4 is 11.7 Å². The van der Waals surface area contributed by atoms with Crippen LogP contribution in [-0.2, 0) is 0 Å². The Hall–Kier alpha value is -1.62. The predicted molar refractivity (Wildman–Crippen MR) is 66.8 cm³/mol. The molecule has 0 heterocycles. The summed E-state index contributed by atoms with van der Waals surface area (Å²) in [4.78, 5) is 11.7. The fourth-order valence-electron chi connectivity index (χ4n) is 2.17. The van der Waals surface area contributed by atoms with Gasteiger partial charge >= 0.3 is 6.03 Å². The van der Waals surface area contributed by atoms with E-state index in [9.17, 15) is 14.3 Å². The van der Waals surface area contributed by atoms with Gasteiger partial charge in [-0.15, -0.1) is 0 Å². The third-order valence-electron chi connectivity index (χ3n) is 3.17. The predicted octanol–water partition coefficient (Wildman–Crippen LogP) is 2.25. The second kappa shape index (κ2) is 5.82. The number of amides is 2. The highest BCUT2D eigenvalue weighted by Gasteiger charge is 2.24. The second-order valence-electron chi connectivity index (χ2n) is 4.54. The minimum absolute atomic E-state index is 0.139. The van der Waals surface area contributed by atoms with E-state index in [2.05, 4.69) is 10.6 Å². The van der Waals surface area contributed by atoms with Crippen LogP contribution in [0.25, 0.3) is 0 Å². The molecule has 1 aromatic rings. The van der Waals surface area contributed by atoms with E-state index in [1.807, 2.05) is 0 Å². The average Bonchev–Trinajstić information content (AvgIpc) is 2.35. The molecule has 1 fully saturated rings. The molecule has 0 saturated heterocycles. The Balaban J connectivity index is 1.90. The first-order chi connectivity index (χ1) is 8.66. The molecular formula is C13H17FN2O2. The number of para-hydroxylation sites is 1. The molecule has 0 bridgehead atoms. The van der Waals surface area contributed by atoms with Gasteiger partial charge < -0.3 is 15.7 Å². The van der Waals surface area contributed by atoms with Crippen LogP contribution in [0.5, 0.6) is 0 Å². The van der Waals surface area contributed by atoms with Crippen LogP contribution in [0.4, 0.5) is 14.9 Å². The summed E-state index contributed by atoms with van der Waals surface area (Å²) < 4.78 is 13.3. The molecule has 2 amide bonds. The molecule has 2 atom stereocenters. The molecule has 1 aliphatic rings. The van der Waals surface area contributed by atoms with E-state index in [1.165, 1.54) is 12.1 Å². The topological polar surface area (TPSA) is 61.4 Å². The Bertz CT molecular complexity index is 425. The SMILES string of the molecule is O=C(Nc1ccccc1F)N[C@@H]1CCCC[C@H]1O. The highest BCUT2D eigenvalue weighted by Crippen LogP contribution is 2.18. The second-order valence-corrected chi connectivity index (χ2v) is 4.54. The number of carbonyl (C=O) groups excluding carboxylic acids is 1. The quantitative estimate of drug-likeness (QED) is 0.756. The Morgan fingerprint density at radius 1 is 1.28 bits per heavy atom. The number of carbonyl (C=O) groups is 1. The van der Waals surface area contributed by atoms with Gasteiger partial charge in [-0.05, 0) is 25.0 Å². The molecule has 2 rings (SSSR count). The van der Waals surface area contributed by atoms with E-state index in [-0.39, 0.29) is 11.7 Å². The maximum atomic E-state index is 13.3. The highest BCUT2D eigenvalue weighted by molar-refractivity contribution is 5.89. The third kappa shape index (κ3) is 3.20. The Morgan fingerprint density at radius 3 is 2.72 bits per heavy atom. The van der Waals surface area contributed by atoms with Crippen LogP contribution in [0.3, 0.4) is 0 Å². The number of benzene rings is 1. The Morgan fingerprint density at radius 2 is 2.00 bits per heavy atom. The molecule has 5 heteroatoms. The minimum atomic E-state index is -0.509. The first kappa shape index (κ1) is 12.8. The lowest BCUT2D eigenvalue weighted by Gasteiger charge is -2.28. The first-order valence-corrected chi connectivity index (χ1v) is 6.17. The van der Waals surface area contributed by atoms with Gasteiger partial charge in [-0.2, -0.15) is 0 Å². The number of urea groups is 1. The van der Waals surface area contributed by atoms with Crippen molar-refractivity contribution in [3.05, 3.63) is 30.1 Å². The summed E-state index contributed by atoms with van der Waals surface area (Å²) in [5, 5.41) is 14.8. The van der Waals surface area contributed by atoms with Crippen molar-refractivity contribution in [1.29, 1.82) is 0 Å². The van der Waals surface area contributed by atoms with Crippen molar-refractivity contribution in [3.63, 3.8) is 0 Å². The van der Waals surface area contributed by atoms with E-state index in [0.29, 0.717) is 6.42 Å². The van der Waals surface area contributed by atoms with Crippen LogP contribution < -0.4 is 10.6 Å².